The van der Waals surface area contributed by atoms with Gasteiger partial charge < -0.3 is 10.1 Å². The Kier molecular flexibility index (Phi) is 9.11. The Hall–Kier alpha value is -2.53. The van der Waals surface area contributed by atoms with Crippen LogP contribution in [0.25, 0.3) is 5.57 Å². The van der Waals surface area contributed by atoms with Crippen LogP contribution < -0.4 is 10.1 Å². The topological polar surface area (TPSA) is 46.5 Å². The third-order valence-corrected chi connectivity index (χ3v) is 3.61. The zero-order valence-corrected chi connectivity index (χ0v) is 15.1. The van der Waals surface area contributed by atoms with Crippen molar-refractivity contribution in [2.45, 2.75) is 20.1 Å². The standard InChI is InChI=1S/C20H26FN3O/c1-6-17(8-7-11-21)19-10-9-18(14-24-19)25-20(16(4)15(2)3)23-13-12-22-5/h6-11,13-14,16,20,22H,1-2,12H2,3-5H3/b11-7+,17-8+,23-13-. The second-order valence-corrected chi connectivity index (χ2v) is 5.56. The normalized spacial score (nSPS) is 14.6. The summed E-state index contributed by atoms with van der Waals surface area (Å²) in [5.41, 5.74) is 2.40. The van der Waals surface area contributed by atoms with E-state index in [1.54, 1.807) is 30.6 Å². The lowest BCUT2D eigenvalue weighted by atomic mass is 10.0. The maximum Gasteiger partial charge on any atom is 0.195 e. The molecular formula is C20H26FN3O. The molecule has 25 heavy (non-hydrogen) atoms. The third-order valence-electron chi connectivity index (χ3n) is 3.61. The van der Waals surface area contributed by atoms with Crippen LogP contribution in [0.2, 0.25) is 0 Å². The van der Waals surface area contributed by atoms with Crippen molar-refractivity contribution in [1.29, 1.82) is 0 Å². The van der Waals surface area contributed by atoms with Crippen molar-refractivity contribution in [1.82, 2.24) is 10.3 Å². The number of rotatable bonds is 10. The number of nitrogens with one attached hydrogen (secondary N) is 1. The maximum atomic E-state index is 12.2. The summed E-state index contributed by atoms with van der Waals surface area (Å²) in [4.78, 5) is 8.82. The van der Waals surface area contributed by atoms with Crippen LogP contribution in [-0.4, -0.2) is 31.0 Å². The molecule has 0 aromatic carbocycles. The molecule has 4 nitrogen and oxygen atoms in total. The highest BCUT2D eigenvalue weighted by molar-refractivity contribution is 5.72. The molecule has 0 aliphatic carbocycles. The first-order chi connectivity index (χ1) is 12.0. The highest BCUT2D eigenvalue weighted by Crippen LogP contribution is 2.22. The minimum Gasteiger partial charge on any atom is -0.467 e. The van der Waals surface area contributed by atoms with E-state index < -0.39 is 0 Å². The Morgan fingerprint density at radius 2 is 2.24 bits per heavy atom. The number of ether oxygens (including phenoxy) is 1. The van der Waals surface area contributed by atoms with Crippen LogP contribution in [0.1, 0.15) is 19.5 Å². The number of hydrogen-bond donors (Lipinski definition) is 1. The molecule has 0 aliphatic heterocycles. The molecule has 0 saturated heterocycles. The molecule has 0 fully saturated rings. The third kappa shape index (κ3) is 6.85. The molecule has 1 aromatic rings. The number of halogens is 1. The molecule has 0 bridgehead atoms. The first kappa shape index (κ1) is 20.5. The largest absolute Gasteiger partial charge is 0.467 e. The molecule has 1 N–H and O–H groups in total. The Balaban J connectivity index is 2.94. The number of nitrogens with zero attached hydrogens (tertiary/aromatic N) is 2. The Morgan fingerprint density at radius 1 is 1.48 bits per heavy atom. The molecule has 0 amide bonds. The SMILES string of the molecule is C=C/C(=C\C=C\F)c1ccc(OC(/N=C\CNC)C(C)C(=C)C)cn1. The van der Waals surface area contributed by atoms with E-state index in [4.69, 9.17) is 4.74 Å². The average Bonchev–Trinajstić information content (AvgIpc) is 2.62. The molecule has 0 saturated carbocycles. The highest BCUT2D eigenvalue weighted by atomic mass is 19.1. The smallest absolute Gasteiger partial charge is 0.195 e. The van der Waals surface area contributed by atoms with Crippen molar-refractivity contribution in [3.63, 3.8) is 0 Å². The minimum atomic E-state index is -0.373. The quantitative estimate of drug-likeness (QED) is 0.390. The van der Waals surface area contributed by atoms with Crippen molar-refractivity contribution in [2.75, 3.05) is 13.6 Å². The van der Waals surface area contributed by atoms with Gasteiger partial charge in [-0.25, -0.2) is 4.39 Å². The van der Waals surface area contributed by atoms with Crippen LogP contribution in [0, 0.1) is 5.92 Å². The van der Waals surface area contributed by atoms with Gasteiger partial charge in [0.05, 0.1) is 18.2 Å². The van der Waals surface area contributed by atoms with Gasteiger partial charge in [-0.15, -0.1) is 0 Å². The van der Waals surface area contributed by atoms with Crippen LogP contribution in [0.15, 0.2) is 66.6 Å². The first-order valence-corrected chi connectivity index (χ1v) is 8.07. The molecule has 1 rings (SSSR count). The monoisotopic (exact) mass is 343 g/mol. The van der Waals surface area contributed by atoms with Crippen LogP contribution in [-0.2, 0) is 0 Å². The summed E-state index contributed by atoms with van der Waals surface area (Å²) in [5.74, 6) is 0.666. The predicted octanol–water partition coefficient (Wildman–Crippen LogP) is 4.34. The molecule has 1 heterocycles. The van der Waals surface area contributed by atoms with Crippen LogP contribution in [0.4, 0.5) is 4.39 Å². The lowest BCUT2D eigenvalue weighted by Crippen LogP contribution is -2.25. The minimum absolute atomic E-state index is 0.0612. The Morgan fingerprint density at radius 3 is 2.76 bits per heavy atom. The molecule has 1 aromatic heterocycles. The summed E-state index contributed by atoms with van der Waals surface area (Å²) >= 11 is 0. The van der Waals surface area contributed by atoms with Gasteiger partial charge in [0, 0.05) is 18.7 Å². The second-order valence-electron chi connectivity index (χ2n) is 5.56. The fourth-order valence-electron chi connectivity index (χ4n) is 1.91. The number of hydrogen-bond acceptors (Lipinski definition) is 4. The molecule has 0 radical (unpaired) electrons. The lowest BCUT2D eigenvalue weighted by molar-refractivity contribution is 0.168. The van der Waals surface area contributed by atoms with Crippen LogP contribution >= 0.6 is 0 Å². The molecule has 2 atom stereocenters. The van der Waals surface area contributed by atoms with Crippen molar-refractivity contribution < 1.29 is 9.13 Å². The van der Waals surface area contributed by atoms with Gasteiger partial charge >= 0.3 is 0 Å². The van der Waals surface area contributed by atoms with Crippen molar-refractivity contribution >= 4 is 11.8 Å². The zero-order chi connectivity index (χ0) is 18.7. The molecule has 0 aliphatic rings. The molecule has 2 unspecified atom stereocenters. The van der Waals surface area contributed by atoms with Gasteiger partial charge in [0.15, 0.2) is 6.23 Å². The van der Waals surface area contributed by atoms with E-state index in [0.29, 0.717) is 24.3 Å². The lowest BCUT2D eigenvalue weighted by Gasteiger charge is -2.22. The summed E-state index contributed by atoms with van der Waals surface area (Å²) in [6.07, 6.45) is 8.02. The number of aromatic nitrogens is 1. The van der Waals surface area contributed by atoms with Gasteiger partial charge in [-0.05, 0) is 37.8 Å². The fourth-order valence-corrected chi connectivity index (χ4v) is 1.91. The Labute approximate surface area is 149 Å². The van der Waals surface area contributed by atoms with Crippen LogP contribution in [0.5, 0.6) is 5.75 Å². The van der Waals surface area contributed by atoms with Crippen LogP contribution in [0.3, 0.4) is 0 Å². The van der Waals surface area contributed by atoms with Gasteiger partial charge in [0.25, 0.3) is 0 Å². The van der Waals surface area contributed by atoms with E-state index in [2.05, 4.69) is 28.5 Å². The molecule has 0 spiro atoms. The second kappa shape index (κ2) is 11.1. The number of pyridine rings is 1. The zero-order valence-electron chi connectivity index (χ0n) is 15.1. The summed E-state index contributed by atoms with van der Waals surface area (Å²) in [5, 5.41) is 3.01. The van der Waals surface area contributed by atoms with Gasteiger partial charge in [-0.2, -0.15) is 0 Å². The molecule has 134 valence electrons. The van der Waals surface area contributed by atoms with E-state index in [-0.39, 0.29) is 12.1 Å². The highest BCUT2D eigenvalue weighted by Gasteiger charge is 2.18. The molecule has 5 heteroatoms. The van der Waals surface area contributed by atoms with E-state index in [1.807, 2.05) is 27.0 Å². The summed E-state index contributed by atoms with van der Waals surface area (Å²) in [6, 6.07) is 3.61. The van der Waals surface area contributed by atoms with Crippen molar-refractivity contribution in [3.8, 4) is 5.75 Å². The Bertz CT molecular complexity index is 647. The fraction of sp³-hybridized carbons (Fsp3) is 0.300. The van der Waals surface area contributed by atoms with E-state index in [0.717, 1.165) is 11.1 Å². The summed E-state index contributed by atoms with van der Waals surface area (Å²) in [6.45, 7) is 12.3. The van der Waals surface area contributed by atoms with E-state index >= 15 is 0 Å². The summed E-state index contributed by atoms with van der Waals surface area (Å²) < 4.78 is 18.1. The van der Waals surface area contributed by atoms with Crippen molar-refractivity contribution in [3.05, 3.63) is 67.3 Å². The molecular weight excluding hydrogens is 317 g/mol. The number of allylic oxidation sites excluding steroid dienone is 4. The number of aliphatic imine (C=N–C) groups is 1. The first-order valence-electron chi connectivity index (χ1n) is 8.07. The van der Waals surface area contributed by atoms with E-state index in [9.17, 15) is 4.39 Å². The van der Waals surface area contributed by atoms with Crippen molar-refractivity contribution in [2.24, 2.45) is 10.9 Å². The van der Waals surface area contributed by atoms with Gasteiger partial charge in [-0.1, -0.05) is 37.8 Å². The van der Waals surface area contributed by atoms with Gasteiger partial charge in [0.2, 0.25) is 0 Å². The summed E-state index contributed by atoms with van der Waals surface area (Å²) in [7, 11) is 1.86. The average molecular weight is 343 g/mol. The van der Waals surface area contributed by atoms with Gasteiger partial charge in [-0.3, -0.25) is 9.98 Å². The van der Waals surface area contributed by atoms with E-state index in [1.165, 1.54) is 6.08 Å². The van der Waals surface area contributed by atoms with Gasteiger partial charge in [0.1, 0.15) is 5.75 Å². The predicted molar refractivity (Wildman–Crippen MR) is 103 cm³/mol. The maximum absolute atomic E-state index is 12.2.